The third-order valence-electron chi connectivity index (χ3n) is 7.94. The van der Waals surface area contributed by atoms with Crippen LogP contribution in [0, 0.1) is 61.8 Å². The average molecular weight is 982 g/mol. The molecule has 0 spiro atoms. The summed E-state index contributed by atoms with van der Waals surface area (Å²) in [5, 5.41) is 3.77. The Hall–Kier alpha value is -0.648. The van der Waals surface area contributed by atoms with Crippen LogP contribution in [0.25, 0.3) is 5.70 Å². The second-order valence-electron chi connectivity index (χ2n) is 13.1. The molecule has 1 aromatic carbocycles. The topological polar surface area (TPSA) is 58.6 Å². The van der Waals surface area contributed by atoms with E-state index in [9.17, 15) is 9.59 Å². The Morgan fingerprint density at radius 3 is 2.15 bits per heavy atom. The van der Waals surface area contributed by atoms with E-state index in [1.54, 1.807) is 13.0 Å². The molecular weight excluding hydrogens is 917 g/mol. The van der Waals surface area contributed by atoms with Crippen LogP contribution in [0.2, 0.25) is 5.02 Å². The van der Waals surface area contributed by atoms with E-state index in [0.29, 0.717) is 53.7 Å². The Labute approximate surface area is 331 Å². The second-order valence-corrected chi connectivity index (χ2v) is 14.3. The van der Waals surface area contributed by atoms with E-state index in [0.717, 1.165) is 30.8 Å². The Morgan fingerprint density at radius 2 is 1.79 bits per heavy atom. The molecule has 0 amide bonds. The summed E-state index contributed by atoms with van der Waals surface area (Å²) in [6, 6.07) is 1.77. The van der Waals surface area contributed by atoms with Crippen molar-refractivity contribution in [1.29, 1.82) is 0 Å². The number of likely N-dealkylation sites (N-methyl/N-ethyl adjacent to an activating group) is 1. The molecule has 1 aromatic rings. The van der Waals surface area contributed by atoms with Crippen molar-refractivity contribution in [1.82, 2.24) is 10.2 Å². The molecule has 1 aliphatic heterocycles. The number of halogens is 3. The SMILES string of the molecule is C=[C-]/C(CCC)=C(/NC1(C(C)=O)CN(C)C1)c1cc(Cl)c(Br)c(F)c1CCC.CC.CC(C)(C)OC=O.[CH2-]C(CCCC)C(C)CC.[U+2]. The fraction of sp³-hybridized carbons (Fsp3) is 0.667. The number of nitrogens with zero attached hydrogens (tertiary/aromatic N) is 1. The van der Waals surface area contributed by atoms with Crippen molar-refractivity contribution in [3.63, 3.8) is 0 Å². The molecule has 2 atom stereocenters. The third-order valence-corrected chi connectivity index (χ3v) is 9.25. The van der Waals surface area contributed by atoms with Gasteiger partial charge in [0.05, 0.1) is 9.50 Å². The number of Topliss-reactive ketones (excluding diaryl/α,β-unsaturated/α-hetero) is 1. The molecule has 1 fully saturated rings. The zero-order valence-corrected chi connectivity index (χ0v) is 38.6. The zero-order chi connectivity index (χ0) is 37.0. The number of unbranched alkanes of at least 4 members (excludes halogenated alkanes) is 1. The molecule has 0 aromatic heterocycles. The third kappa shape index (κ3) is 18.0. The van der Waals surface area contributed by atoms with Gasteiger partial charge in [0.2, 0.25) is 0 Å². The van der Waals surface area contributed by atoms with Gasteiger partial charge >= 0.3 is 31.1 Å². The van der Waals surface area contributed by atoms with Crippen molar-refractivity contribution in [2.24, 2.45) is 11.8 Å². The Balaban J connectivity index is -0.000000835. The first kappa shape index (κ1) is 51.7. The van der Waals surface area contributed by atoms with Gasteiger partial charge in [-0.1, -0.05) is 123 Å². The summed E-state index contributed by atoms with van der Waals surface area (Å²) in [6.07, 6.45) is 11.2. The molecule has 0 bridgehead atoms. The smallest absolute Gasteiger partial charge is 0.462 e. The van der Waals surface area contributed by atoms with E-state index in [1.165, 1.54) is 25.7 Å². The summed E-state index contributed by atoms with van der Waals surface area (Å²) in [7, 11) is 1.97. The maximum Gasteiger partial charge on any atom is 2.00 e. The van der Waals surface area contributed by atoms with Gasteiger partial charge in [0.25, 0.3) is 6.47 Å². The van der Waals surface area contributed by atoms with Crippen molar-refractivity contribution < 1.29 is 49.8 Å². The Morgan fingerprint density at radius 1 is 1.23 bits per heavy atom. The number of nitrogens with one attached hydrogen (secondary N) is 1. The summed E-state index contributed by atoms with van der Waals surface area (Å²) in [6.45, 7) is 31.6. The van der Waals surface area contributed by atoms with Crippen LogP contribution in [-0.4, -0.2) is 48.4 Å². The monoisotopic (exact) mass is 980 g/mol. The van der Waals surface area contributed by atoms with E-state index in [4.69, 9.17) is 11.6 Å². The summed E-state index contributed by atoms with van der Waals surface area (Å²) in [5.74, 6) is 1.20. The Bertz CT molecular complexity index is 1120. The molecule has 2 rings (SSSR count). The molecule has 1 aliphatic rings. The predicted molar refractivity (Wildman–Crippen MR) is 204 cm³/mol. The molecule has 9 heteroatoms. The molecule has 48 heavy (non-hydrogen) atoms. The van der Waals surface area contributed by atoms with Gasteiger partial charge in [0.15, 0.2) is 5.78 Å². The largest absolute Gasteiger partial charge is 2.00 e. The maximum atomic E-state index is 15.1. The van der Waals surface area contributed by atoms with Crippen LogP contribution in [0.15, 0.2) is 22.7 Å². The molecule has 1 N–H and O–H groups in total. The molecule has 0 radical (unpaired) electrons. The van der Waals surface area contributed by atoms with Crippen LogP contribution in [0.4, 0.5) is 4.39 Å². The number of benzene rings is 1. The molecule has 0 aliphatic carbocycles. The van der Waals surface area contributed by atoms with Gasteiger partial charge in [-0.3, -0.25) is 15.7 Å². The van der Waals surface area contributed by atoms with Gasteiger partial charge in [-0.2, -0.15) is 18.1 Å². The molecule has 2 unspecified atom stereocenters. The first-order valence-corrected chi connectivity index (χ1v) is 18.5. The minimum atomic E-state index is -0.695. The number of carbonyl (C=O) groups excluding carboxylic acids is 2. The first-order chi connectivity index (χ1) is 22.0. The number of ether oxygens (including phenoxy) is 1. The average Bonchev–Trinajstić information content (AvgIpc) is 3.01. The van der Waals surface area contributed by atoms with Crippen LogP contribution >= 0.6 is 27.5 Å². The minimum absolute atomic E-state index is 0. The van der Waals surface area contributed by atoms with Gasteiger partial charge in [0, 0.05) is 13.1 Å². The van der Waals surface area contributed by atoms with Gasteiger partial charge in [0.1, 0.15) is 17.0 Å². The number of allylic oxidation sites excluding steroid dienone is 2. The van der Waals surface area contributed by atoms with Crippen molar-refractivity contribution in [2.45, 2.75) is 139 Å². The van der Waals surface area contributed by atoms with Crippen molar-refractivity contribution in [2.75, 3.05) is 20.1 Å². The molecule has 1 heterocycles. The summed E-state index contributed by atoms with van der Waals surface area (Å²) >= 11 is 9.57. The van der Waals surface area contributed by atoms with Crippen molar-refractivity contribution in [3.8, 4) is 0 Å². The van der Waals surface area contributed by atoms with Crippen LogP contribution < -0.4 is 5.32 Å². The van der Waals surface area contributed by atoms with E-state index >= 15 is 4.39 Å². The van der Waals surface area contributed by atoms with Crippen molar-refractivity contribution >= 4 is 45.5 Å². The number of hydrogen-bond acceptors (Lipinski definition) is 5. The predicted octanol–water partition coefficient (Wildman–Crippen LogP) is 11.2. The van der Waals surface area contributed by atoms with Gasteiger partial charge < -0.3 is 21.9 Å². The van der Waals surface area contributed by atoms with Crippen molar-refractivity contribution in [3.05, 3.63) is 57.7 Å². The van der Waals surface area contributed by atoms with Gasteiger partial charge in [-0.05, 0) is 62.7 Å². The van der Waals surface area contributed by atoms with E-state index in [1.807, 2.05) is 48.6 Å². The standard InChI is InChI=1S/C22H28BrClFN2O.C10H21.C5H10O2.C2H6.U/c1-6-9-15(8-3)21(26-22(14(4)28)12-27(5)13-22)17-11-18(24)19(23)20(25)16(17)10-7-2;1-5-7-8-10(4)9(3)6-2;1-5(2,3)7-4-6;1-2;/h11,26H,3,6-7,9-10,12-13H2,1-2,4-5H3;9-10H,4-8H2,1-3H3;4H,1-3H3;1-2H3;/q2*-1;;;+2/b21-15-;;;;. The first-order valence-electron chi connectivity index (χ1n) is 17.3. The number of ketones is 1. The molecule has 1 saturated heterocycles. The number of hydrogen-bond donors (Lipinski definition) is 1. The Kier molecular flexibility index (Phi) is 29.2. The van der Waals surface area contributed by atoms with Crippen LogP contribution in [0.5, 0.6) is 0 Å². The maximum absolute atomic E-state index is 15.1. The molecule has 0 saturated carbocycles. The van der Waals surface area contributed by atoms with Gasteiger partial charge in [-0.15, -0.1) is 5.70 Å². The van der Waals surface area contributed by atoms with E-state index in [-0.39, 0.29) is 52.8 Å². The fourth-order valence-corrected chi connectivity index (χ4v) is 5.49. The molecule has 5 nitrogen and oxygen atoms in total. The van der Waals surface area contributed by atoms with Crippen LogP contribution in [0.1, 0.15) is 132 Å². The summed E-state index contributed by atoms with van der Waals surface area (Å²) in [5.41, 5.74) is 1.80. The van der Waals surface area contributed by atoms with Crippen LogP contribution in [0.3, 0.4) is 0 Å². The number of likely N-dealkylation sites (tertiary alicyclic amines) is 1. The van der Waals surface area contributed by atoms with Crippen LogP contribution in [-0.2, 0) is 20.7 Å². The minimum Gasteiger partial charge on any atom is -0.462 e. The summed E-state index contributed by atoms with van der Waals surface area (Å²) < 4.78 is 19.9. The second kappa shape index (κ2) is 27.1. The van der Waals surface area contributed by atoms with E-state index in [2.05, 4.69) is 78.2 Å². The molecule has 274 valence electrons. The zero-order valence-electron chi connectivity index (χ0n) is 32.1. The number of carbonyl (C=O) groups is 2. The summed E-state index contributed by atoms with van der Waals surface area (Å²) in [4.78, 5) is 24.1. The fourth-order valence-electron chi connectivity index (χ4n) is 4.94. The number of rotatable bonds is 15. The van der Waals surface area contributed by atoms with Gasteiger partial charge in [-0.25, -0.2) is 4.39 Å². The normalized spacial score (nSPS) is 15.1. The molecular formula is C39H65BrClFN2O3U. The quantitative estimate of drug-likeness (QED) is 0.0821. The van der Waals surface area contributed by atoms with E-state index < -0.39 is 5.54 Å².